The second-order valence-electron chi connectivity index (χ2n) is 6.72. The molecule has 1 aromatic heterocycles. The number of benzene rings is 2. The molecule has 0 aliphatic carbocycles. The highest BCUT2D eigenvalue weighted by Crippen LogP contribution is 2.15. The Morgan fingerprint density at radius 2 is 2.10 bits per heavy atom. The highest BCUT2D eigenvalue weighted by molar-refractivity contribution is 7.71. The minimum Gasteiger partial charge on any atom is -0.489 e. The first-order valence-corrected chi connectivity index (χ1v) is 9.54. The number of nitriles is 1. The van der Waals surface area contributed by atoms with E-state index in [9.17, 15) is 4.79 Å². The van der Waals surface area contributed by atoms with E-state index in [-0.39, 0.29) is 18.5 Å². The number of rotatable bonds is 7. The summed E-state index contributed by atoms with van der Waals surface area (Å²) in [5.41, 5.74) is 1.92. The van der Waals surface area contributed by atoms with Crippen LogP contribution in [0.15, 0.2) is 48.5 Å². The van der Waals surface area contributed by atoms with Crippen LogP contribution in [0, 0.1) is 16.1 Å². The number of H-pyrrole nitrogens is 1. The van der Waals surface area contributed by atoms with E-state index in [1.165, 1.54) is 0 Å². The number of hydrogen-bond acceptors (Lipinski definition) is 5. The number of amides is 1. The molecule has 0 saturated carbocycles. The average Bonchev–Trinajstić information content (AvgIpc) is 3.11. The summed E-state index contributed by atoms with van der Waals surface area (Å²) in [6.07, 6.45) is 0. The number of aromatic amines is 1. The number of carbonyl (C=O) groups is 1. The normalized spacial score (nSPS) is 10.6. The van der Waals surface area contributed by atoms with Gasteiger partial charge in [-0.2, -0.15) is 10.4 Å². The van der Waals surface area contributed by atoms with E-state index in [1.807, 2.05) is 30.5 Å². The van der Waals surface area contributed by atoms with Gasteiger partial charge in [-0.25, -0.2) is 0 Å². The monoisotopic (exact) mass is 407 g/mol. The quantitative estimate of drug-likeness (QED) is 0.579. The lowest BCUT2D eigenvalue weighted by atomic mass is 10.1. The predicted molar refractivity (Wildman–Crippen MR) is 111 cm³/mol. The molecule has 1 amide bonds. The smallest absolute Gasteiger partial charge is 0.251 e. The van der Waals surface area contributed by atoms with Crippen molar-refractivity contribution in [2.45, 2.75) is 33.0 Å². The Labute approximate surface area is 174 Å². The van der Waals surface area contributed by atoms with Crippen molar-refractivity contribution >= 4 is 18.1 Å². The van der Waals surface area contributed by atoms with Crippen molar-refractivity contribution < 1.29 is 9.53 Å². The van der Waals surface area contributed by atoms with E-state index < -0.39 is 0 Å². The molecule has 29 heavy (non-hydrogen) atoms. The van der Waals surface area contributed by atoms with Crippen LogP contribution in [0.3, 0.4) is 0 Å². The van der Waals surface area contributed by atoms with Gasteiger partial charge in [0, 0.05) is 11.6 Å². The van der Waals surface area contributed by atoms with E-state index >= 15 is 0 Å². The Bertz CT molecular complexity index is 1110. The first-order valence-electron chi connectivity index (χ1n) is 9.14. The fourth-order valence-electron chi connectivity index (χ4n) is 2.88. The average molecular weight is 407 g/mol. The molecule has 0 unspecified atom stereocenters. The molecule has 0 aliphatic heterocycles. The third-order valence-corrected chi connectivity index (χ3v) is 4.55. The summed E-state index contributed by atoms with van der Waals surface area (Å²) in [5, 5.41) is 18.8. The lowest BCUT2D eigenvalue weighted by Gasteiger charge is -2.11. The van der Waals surface area contributed by atoms with Crippen molar-refractivity contribution in [1.29, 1.82) is 5.26 Å². The zero-order valence-electron chi connectivity index (χ0n) is 16.2. The van der Waals surface area contributed by atoms with Crippen molar-refractivity contribution in [1.82, 2.24) is 20.1 Å². The van der Waals surface area contributed by atoms with Crippen molar-refractivity contribution in [2.24, 2.45) is 0 Å². The van der Waals surface area contributed by atoms with Gasteiger partial charge in [0.05, 0.1) is 18.2 Å². The van der Waals surface area contributed by atoms with Crippen molar-refractivity contribution in [2.75, 3.05) is 0 Å². The van der Waals surface area contributed by atoms with Gasteiger partial charge in [0.25, 0.3) is 5.91 Å². The Kier molecular flexibility index (Phi) is 6.42. The van der Waals surface area contributed by atoms with Crippen LogP contribution in [0.2, 0.25) is 0 Å². The molecule has 0 saturated heterocycles. The van der Waals surface area contributed by atoms with Gasteiger partial charge < -0.3 is 14.6 Å². The fourth-order valence-corrected chi connectivity index (χ4v) is 3.24. The maximum absolute atomic E-state index is 12.6. The number of nitrogens with one attached hydrogen (secondary N) is 2. The largest absolute Gasteiger partial charge is 0.489 e. The number of hydrogen-bond donors (Lipinski definition) is 2. The molecule has 0 aliphatic rings. The van der Waals surface area contributed by atoms with Crippen LogP contribution in [0.25, 0.3) is 0 Å². The number of aromatic nitrogens is 3. The van der Waals surface area contributed by atoms with Crippen molar-refractivity contribution in [3.05, 3.63) is 75.8 Å². The molecule has 0 fully saturated rings. The zero-order chi connectivity index (χ0) is 20.8. The molecule has 2 aromatic carbocycles. The summed E-state index contributed by atoms with van der Waals surface area (Å²) >= 11 is 5.23. The Morgan fingerprint density at radius 1 is 1.31 bits per heavy atom. The lowest BCUT2D eigenvalue weighted by Crippen LogP contribution is -2.25. The molecule has 3 aromatic rings. The van der Waals surface area contributed by atoms with Crippen LogP contribution >= 0.6 is 12.2 Å². The number of ether oxygens (including phenoxy) is 1. The highest BCUT2D eigenvalue weighted by Gasteiger charge is 2.12. The van der Waals surface area contributed by atoms with Gasteiger partial charge >= 0.3 is 0 Å². The second kappa shape index (κ2) is 9.17. The molecule has 0 atom stereocenters. The second-order valence-corrected chi connectivity index (χ2v) is 7.11. The topological polar surface area (TPSA) is 95.7 Å². The van der Waals surface area contributed by atoms with Crippen LogP contribution in [-0.4, -0.2) is 20.7 Å². The van der Waals surface area contributed by atoms with Gasteiger partial charge in [-0.1, -0.05) is 18.2 Å². The maximum atomic E-state index is 12.6. The summed E-state index contributed by atoms with van der Waals surface area (Å²) < 4.78 is 8.13. The summed E-state index contributed by atoms with van der Waals surface area (Å²) in [7, 11) is 0. The molecule has 0 radical (unpaired) electrons. The Hall–Kier alpha value is -3.44. The SMILES string of the molecule is CC(C)n1c(CNC(=O)c2cccc(COc3cccc(C#N)c3)c2)n[nH]c1=S. The van der Waals surface area contributed by atoms with Crippen LogP contribution in [0.4, 0.5) is 0 Å². The molecule has 3 rings (SSSR count). The van der Waals surface area contributed by atoms with E-state index in [4.69, 9.17) is 22.2 Å². The molecule has 8 heteroatoms. The van der Waals surface area contributed by atoms with Gasteiger partial charge in [-0.15, -0.1) is 0 Å². The van der Waals surface area contributed by atoms with Gasteiger partial charge in [0.2, 0.25) is 0 Å². The van der Waals surface area contributed by atoms with Crippen molar-refractivity contribution in [3.63, 3.8) is 0 Å². The number of carbonyl (C=O) groups excluding carboxylic acids is 1. The van der Waals surface area contributed by atoms with Crippen LogP contribution < -0.4 is 10.1 Å². The summed E-state index contributed by atoms with van der Waals surface area (Å²) in [6.45, 7) is 4.58. The minimum atomic E-state index is -0.206. The minimum absolute atomic E-state index is 0.146. The Morgan fingerprint density at radius 3 is 2.86 bits per heavy atom. The first kappa shape index (κ1) is 20.3. The van der Waals surface area contributed by atoms with Gasteiger partial charge in [0.15, 0.2) is 10.6 Å². The summed E-state index contributed by atoms with van der Waals surface area (Å²) in [4.78, 5) is 12.6. The zero-order valence-corrected chi connectivity index (χ0v) is 17.0. The van der Waals surface area contributed by atoms with E-state index in [0.717, 1.165) is 5.56 Å². The predicted octanol–water partition coefficient (Wildman–Crippen LogP) is 3.90. The van der Waals surface area contributed by atoms with E-state index in [1.54, 1.807) is 36.4 Å². The molecule has 1 heterocycles. The first-order chi connectivity index (χ1) is 14.0. The van der Waals surface area contributed by atoms with E-state index in [2.05, 4.69) is 21.6 Å². The third kappa shape index (κ3) is 5.09. The Balaban J connectivity index is 1.63. The van der Waals surface area contributed by atoms with E-state index in [0.29, 0.717) is 34.1 Å². The molecule has 0 spiro atoms. The molecule has 148 valence electrons. The summed E-state index contributed by atoms with van der Waals surface area (Å²) in [5.74, 6) is 1.08. The molecular formula is C21H21N5O2S. The standard InChI is InChI=1S/C21H21N5O2S/c1-14(2)26-19(24-25-21(26)29)12-23-20(27)17-7-3-6-16(9-17)13-28-18-8-4-5-15(10-18)11-22/h3-10,14H,12-13H2,1-2H3,(H,23,27)(H,25,29). The number of nitrogens with zero attached hydrogens (tertiary/aromatic N) is 3. The molecule has 7 nitrogen and oxygen atoms in total. The fraction of sp³-hybridized carbons (Fsp3) is 0.238. The van der Waals surface area contributed by atoms with Gasteiger partial charge in [-0.05, 0) is 62.0 Å². The van der Waals surface area contributed by atoms with Gasteiger partial charge in [-0.3, -0.25) is 9.89 Å². The van der Waals surface area contributed by atoms with Crippen LogP contribution in [0.1, 0.15) is 47.2 Å². The maximum Gasteiger partial charge on any atom is 0.251 e. The lowest BCUT2D eigenvalue weighted by molar-refractivity contribution is 0.0949. The third-order valence-electron chi connectivity index (χ3n) is 4.26. The summed E-state index contributed by atoms with van der Waals surface area (Å²) in [6, 6.07) is 16.4. The van der Waals surface area contributed by atoms with Crippen LogP contribution in [0.5, 0.6) is 5.75 Å². The van der Waals surface area contributed by atoms with Crippen molar-refractivity contribution in [3.8, 4) is 11.8 Å². The van der Waals surface area contributed by atoms with Crippen LogP contribution in [-0.2, 0) is 13.2 Å². The molecule has 2 N–H and O–H groups in total. The molecular weight excluding hydrogens is 386 g/mol. The highest BCUT2D eigenvalue weighted by atomic mass is 32.1. The molecule has 0 bridgehead atoms. The van der Waals surface area contributed by atoms with Gasteiger partial charge in [0.1, 0.15) is 12.4 Å².